The fourth-order valence-corrected chi connectivity index (χ4v) is 2.74. The van der Waals surface area contributed by atoms with Gasteiger partial charge in [-0.2, -0.15) is 0 Å². The highest BCUT2D eigenvalue weighted by Gasteiger charge is 2.14. The van der Waals surface area contributed by atoms with Crippen LogP contribution >= 0.6 is 11.6 Å². The van der Waals surface area contributed by atoms with Crippen LogP contribution in [-0.2, 0) is 0 Å². The molecule has 3 aromatic rings. The van der Waals surface area contributed by atoms with Crippen LogP contribution in [0.15, 0.2) is 42.7 Å². The molecule has 0 spiro atoms. The summed E-state index contributed by atoms with van der Waals surface area (Å²) in [6.45, 7) is 1.03. The second kappa shape index (κ2) is 7.16. The van der Waals surface area contributed by atoms with E-state index in [0.717, 1.165) is 5.69 Å². The first kappa shape index (κ1) is 17.2. The molecule has 0 saturated heterocycles. The number of halogens is 2. The Balaban J connectivity index is 1.57. The van der Waals surface area contributed by atoms with Crippen LogP contribution in [-0.4, -0.2) is 23.2 Å². The molecule has 1 aliphatic heterocycles. The minimum atomic E-state index is -0.501. The van der Waals surface area contributed by atoms with E-state index in [4.69, 9.17) is 26.8 Å². The number of hydrogen-bond acceptors (Lipinski definition) is 7. The van der Waals surface area contributed by atoms with Gasteiger partial charge in [0, 0.05) is 17.4 Å². The molecule has 1 aliphatic rings. The van der Waals surface area contributed by atoms with Crippen molar-refractivity contribution in [2.24, 2.45) is 0 Å². The predicted molar refractivity (Wildman–Crippen MR) is 102 cm³/mol. The second-order valence-electron chi connectivity index (χ2n) is 5.72. The van der Waals surface area contributed by atoms with Crippen molar-refractivity contribution in [3.8, 4) is 11.5 Å². The monoisotopic (exact) mass is 387 g/mol. The Morgan fingerprint density at radius 2 is 1.56 bits per heavy atom. The summed E-state index contributed by atoms with van der Waals surface area (Å²) in [7, 11) is 0. The lowest BCUT2D eigenvalue weighted by Crippen LogP contribution is -2.15. The molecule has 0 atom stereocenters. The van der Waals surface area contributed by atoms with E-state index < -0.39 is 5.82 Å². The van der Waals surface area contributed by atoms with Crippen molar-refractivity contribution < 1.29 is 13.9 Å². The maximum absolute atomic E-state index is 13.3. The molecule has 0 amide bonds. The molecule has 7 nitrogen and oxygen atoms in total. The van der Waals surface area contributed by atoms with E-state index in [1.807, 2.05) is 18.2 Å². The molecule has 0 bridgehead atoms. The lowest BCUT2D eigenvalue weighted by Gasteiger charge is -2.19. The van der Waals surface area contributed by atoms with Crippen molar-refractivity contribution in [2.45, 2.75) is 0 Å². The Hall–Kier alpha value is -3.26. The van der Waals surface area contributed by atoms with Crippen LogP contribution in [0.1, 0.15) is 0 Å². The van der Waals surface area contributed by atoms with E-state index in [0.29, 0.717) is 47.7 Å². The molecule has 4 N–H and O–H groups in total. The molecule has 0 fully saturated rings. The van der Waals surface area contributed by atoms with Gasteiger partial charge in [-0.05, 0) is 30.3 Å². The van der Waals surface area contributed by atoms with Crippen LogP contribution in [0.25, 0.3) is 0 Å². The number of hydrogen-bond donors (Lipinski definition) is 3. The van der Waals surface area contributed by atoms with Crippen molar-refractivity contribution in [3.63, 3.8) is 0 Å². The van der Waals surface area contributed by atoms with Crippen LogP contribution < -0.4 is 25.8 Å². The first-order chi connectivity index (χ1) is 13.1. The van der Waals surface area contributed by atoms with Crippen LogP contribution in [0.4, 0.5) is 33.1 Å². The summed E-state index contributed by atoms with van der Waals surface area (Å²) in [6, 6.07) is 9.71. The van der Waals surface area contributed by atoms with Gasteiger partial charge in [0.2, 0.25) is 0 Å². The summed E-state index contributed by atoms with van der Waals surface area (Å²) in [5, 5.41) is 6.14. The van der Waals surface area contributed by atoms with E-state index in [1.165, 1.54) is 24.5 Å². The minimum Gasteiger partial charge on any atom is -0.486 e. The lowest BCUT2D eigenvalue weighted by atomic mass is 10.2. The highest BCUT2D eigenvalue weighted by atomic mass is 35.5. The van der Waals surface area contributed by atoms with E-state index >= 15 is 0 Å². The fourth-order valence-electron chi connectivity index (χ4n) is 2.56. The lowest BCUT2D eigenvalue weighted by molar-refractivity contribution is 0.171. The molecule has 0 aliphatic carbocycles. The maximum atomic E-state index is 13.3. The minimum absolute atomic E-state index is 0.00209. The number of anilines is 5. The molecule has 27 heavy (non-hydrogen) atoms. The molecular weight excluding hydrogens is 373 g/mol. The third-order valence-corrected chi connectivity index (χ3v) is 4.16. The molecule has 0 saturated carbocycles. The second-order valence-corrected chi connectivity index (χ2v) is 6.13. The third-order valence-electron chi connectivity index (χ3n) is 3.87. The maximum Gasteiger partial charge on any atom is 0.163 e. The van der Waals surface area contributed by atoms with Crippen LogP contribution in [0.2, 0.25) is 5.02 Å². The van der Waals surface area contributed by atoms with Gasteiger partial charge in [-0.25, -0.2) is 14.4 Å². The third kappa shape index (κ3) is 3.65. The quantitative estimate of drug-likeness (QED) is 0.620. The topological polar surface area (TPSA) is 94.3 Å². The zero-order valence-corrected chi connectivity index (χ0v) is 14.8. The number of ether oxygens (including phenoxy) is 2. The Morgan fingerprint density at radius 1 is 0.926 bits per heavy atom. The number of aromatic nitrogens is 2. The molecule has 4 rings (SSSR count). The SMILES string of the molecule is Nc1c(Nc2ccc(F)c(Cl)c2)ncnc1Nc1ccc2c(c1)OCCO2. The number of nitrogens with zero attached hydrogens (tertiary/aromatic N) is 2. The van der Waals surface area contributed by atoms with Crippen molar-refractivity contribution in [3.05, 3.63) is 53.6 Å². The van der Waals surface area contributed by atoms with Gasteiger partial charge in [-0.3, -0.25) is 0 Å². The van der Waals surface area contributed by atoms with E-state index in [-0.39, 0.29) is 5.02 Å². The standard InChI is InChI=1S/C18H15ClFN5O2/c19-12-7-10(1-3-13(12)20)24-17-16(21)18(23-9-22-17)25-11-2-4-14-15(8-11)27-6-5-26-14/h1-4,7-9H,5-6,21H2,(H2,22,23,24,25). The van der Waals surface area contributed by atoms with Crippen LogP contribution in [0.5, 0.6) is 11.5 Å². The van der Waals surface area contributed by atoms with E-state index in [1.54, 1.807) is 0 Å². The molecule has 9 heteroatoms. The number of nitrogens with one attached hydrogen (secondary N) is 2. The van der Waals surface area contributed by atoms with E-state index in [9.17, 15) is 4.39 Å². The number of benzene rings is 2. The number of nitrogen functional groups attached to an aromatic ring is 1. The molecule has 0 radical (unpaired) electrons. The van der Waals surface area contributed by atoms with Gasteiger partial charge in [0.25, 0.3) is 0 Å². The van der Waals surface area contributed by atoms with Crippen molar-refractivity contribution in [2.75, 3.05) is 29.6 Å². The molecular formula is C18H15ClFN5O2. The number of rotatable bonds is 4. The molecule has 138 valence electrons. The van der Waals surface area contributed by atoms with Gasteiger partial charge in [-0.15, -0.1) is 0 Å². The predicted octanol–water partition coefficient (Wildman–Crippen LogP) is 4.11. The van der Waals surface area contributed by atoms with Crippen LogP contribution in [0, 0.1) is 5.82 Å². The average molecular weight is 388 g/mol. The summed E-state index contributed by atoms with van der Waals surface area (Å²) >= 11 is 5.80. The van der Waals surface area contributed by atoms with Crippen molar-refractivity contribution in [1.29, 1.82) is 0 Å². The van der Waals surface area contributed by atoms with Gasteiger partial charge in [-0.1, -0.05) is 11.6 Å². The summed E-state index contributed by atoms with van der Waals surface area (Å²) in [5.74, 6) is 1.63. The molecule has 2 aromatic carbocycles. The zero-order valence-electron chi connectivity index (χ0n) is 14.0. The zero-order chi connectivity index (χ0) is 18.8. The van der Waals surface area contributed by atoms with Gasteiger partial charge < -0.3 is 25.8 Å². The molecule has 0 unspecified atom stereocenters. The van der Waals surface area contributed by atoms with Crippen molar-refractivity contribution in [1.82, 2.24) is 9.97 Å². The Labute approximate surface area is 159 Å². The summed E-state index contributed by atoms with van der Waals surface area (Å²) < 4.78 is 24.4. The first-order valence-corrected chi connectivity index (χ1v) is 8.47. The molecule has 2 heterocycles. The fraction of sp³-hybridized carbons (Fsp3) is 0.111. The van der Waals surface area contributed by atoms with Gasteiger partial charge in [0.1, 0.15) is 31.0 Å². The molecule has 1 aromatic heterocycles. The Kier molecular flexibility index (Phi) is 4.55. The van der Waals surface area contributed by atoms with Crippen molar-refractivity contribution >= 4 is 40.3 Å². The highest BCUT2D eigenvalue weighted by Crippen LogP contribution is 2.35. The highest BCUT2D eigenvalue weighted by molar-refractivity contribution is 6.31. The Morgan fingerprint density at radius 3 is 2.26 bits per heavy atom. The number of fused-ring (bicyclic) bond motifs is 1. The summed E-state index contributed by atoms with van der Waals surface area (Å²) in [5.41, 5.74) is 7.76. The normalized spacial score (nSPS) is 12.5. The van der Waals surface area contributed by atoms with Gasteiger partial charge in [0.15, 0.2) is 23.1 Å². The summed E-state index contributed by atoms with van der Waals surface area (Å²) in [6.07, 6.45) is 1.37. The summed E-state index contributed by atoms with van der Waals surface area (Å²) in [4.78, 5) is 8.30. The largest absolute Gasteiger partial charge is 0.486 e. The first-order valence-electron chi connectivity index (χ1n) is 8.09. The Bertz CT molecular complexity index is 1000. The van der Waals surface area contributed by atoms with Gasteiger partial charge in [0.05, 0.1) is 5.02 Å². The van der Waals surface area contributed by atoms with Crippen LogP contribution in [0.3, 0.4) is 0 Å². The van der Waals surface area contributed by atoms with E-state index in [2.05, 4.69) is 20.6 Å². The average Bonchev–Trinajstić information content (AvgIpc) is 2.68. The number of nitrogens with two attached hydrogens (primary N) is 1. The smallest absolute Gasteiger partial charge is 0.163 e. The van der Waals surface area contributed by atoms with Gasteiger partial charge >= 0.3 is 0 Å².